The van der Waals surface area contributed by atoms with E-state index in [4.69, 9.17) is 20.3 Å². The largest absolute Gasteiger partial charge is 0.300 e. The molecule has 118 valence electrons. The zero-order chi connectivity index (χ0) is 15.8. The molecule has 0 aromatic rings. The Labute approximate surface area is 117 Å². The lowest BCUT2D eigenvalue weighted by atomic mass is 10.1. The number of ketones is 2. The van der Waals surface area contributed by atoms with Crippen molar-refractivity contribution in [1.82, 2.24) is 0 Å². The van der Waals surface area contributed by atoms with E-state index in [1.165, 1.54) is 27.7 Å². The summed E-state index contributed by atoms with van der Waals surface area (Å²) in [5, 5.41) is 17.6. The Morgan fingerprint density at radius 3 is 1.35 bits per heavy atom. The summed E-state index contributed by atoms with van der Waals surface area (Å²) < 4.78 is 0. The molecule has 0 spiro atoms. The van der Waals surface area contributed by atoms with Crippen molar-refractivity contribution in [1.29, 1.82) is 0 Å². The average Bonchev–Trinajstić information content (AvgIpc) is 2.41. The summed E-state index contributed by atoms with van der Waals surface area (Å²) >= 11 is 0. The monoisotopic (exact) mass is 294 g/mol. The molecule has 0 aliphatic heterocycles. The van der Waals surface area contributed by atoms with Crippen LogP contribution < -0.4 is 0 Å². The highest BCUT2D eigenvalue weighted by Crippen LogP contribution is 2.25. The summed E-state index contributed by atoms with van der Waals surface area (Å²) in [5.74, 6) is -3.42. The van der Waals surface area contributed by atoms with Gasteiger partial charge in [0.1, 0.15) is 11.6 Å². The van der Waals surface area contributed by atoms with Crippen LogP contribution in [0.5, 0.6) is 0 Å². The van der Waals surface area contributed by atoms with Gasteiger partial charge < -0.3 is 9.59 Å². The second-order valence-corrected chi connectivity index (χ2v) is 5.02. The molecule has 0 amide bonds. The van der Waals surface area contributed by atoms with E-state index in [0.717, 1.165) is 0 Å². The number of hydrogen-bond acceptors (Lipinski definition) is 8. The van der Waals surface area contributed by atoms with E-state index in [1.54, 1.807) is 0 Å². The molecule has 2 atom stereocenters. The molecule has 0 saturated carbocycles. The van der Waals surface area contributed by atoms with Crippen LogP contribution in [0, 0.1) is 0 Å². The maximum absolute atomic E-state index is 10.9. The van der Waals surface area contributed by atoms with E-state index in [1.807, 2.05) is 0 Å². The SMILES string of the molecule is CC(=O)CCC(C)(OO)OOC(C)(CCC(C)=O)OO. The summed E-state index contributed by atoms with van der Waals surface area (Å²) in [5.41, 5.74) is 0. The molecular formula is C12H22O8. The molecule has 0 bridgehead atoms. The lowest BCUT2D eigenvalue weighted by Gasteiger charge is -2.30. The lowest BCUT2D eigenvalue weighted by molar-refractivity contribution is -0.566. The quantitative estimate of drug-likeness (QED) is 0.338. The zero-order valence-corrected chi connectivity index (χ0v) is 12.2. The average molecular weight is 294 g/mol. The predicted octanol–water partition coefficient (Wildman–Crippen LogP) is 2.08. The number of hydrogen-bond donors (Lipinski definition) is 2. The summed E-state index contributed by atoms with van der Waals surface area (Å²) in [6.45, 7) is 5.45. The Balaban J connectivity index is 4.49. The van der Waals surface area contributed by atoms with Gasteiger partial charge in [-0.25, -0.2) is 20.3 Å². The highest BCUT2D eigenvalue weighted by atomic mass is 17.3. The molecule has 0 saturated heterocycles. The number of Topliss-reactive ketones (excluding diaryl/α,β-unsaturated/α-hetero) is 2. The second-order valence-electron chi connectivity index (χ2n) is 5.02. The van der Waals surface area contributed by atoms with Crippen LogP contribution >= 0.6 is 0 Å². The van der Waals surface area contributed by atoms with Gasteiger partial charge in [-0.05, 0) is 27.7 Å². The van der Waals surface area contributed by atoms with Gasteiger partial charge in [-0.1, -0.05) is 0 Å². The Bertz CT molecular complexity index is 299. The highest BCUT2D eigenvalue weighted by molar-refractivity contribution is 5.75. The van der Waals surface area contributed by atoms with Gasteiger partial charge in [0, 0.05) is 25.7 Å². The van der Waals surface area contributed by atoms with Crippen LogP contribution in [0.25, 0.3) is 0 Å². The van der Waals surface area contributed by atoms with Gasteiger partial charge in [-0.2, -0.15) is 9.78 Å². The predicted molar refractivity (Wildman–Crippen MR) is 66.2 cm³/mol. The maximum Gasteiger partial charge on any atom is 0.231 e. The Morgan fingerprint density at radius 2 is 1.15 bits per heavy atom. The van der Waals surface area contributed by atoms with Crippen molar-refractivity contribution in [2.24, 2.45) is 0 Å². The van der Waals surface area contributed by atoms with Crippen LogP contribution in [0.3, 0.4) is 0 Å². The van der Waals surface area contributed by atoms with Crippen molar-refractivity contribution in [2.75, 3.05) is 0 Å². The lowest BCUT2D eigenvalue weighted by Crippen LogP contribution is -2.39. The summed E-state index contributed by atoms with van der Waals surface area (Å²) in [4.78, 5) is 39.9. The van der Waals surface area contributed by atoms with Gasteiger partial charge in [0.15, 0.2) is 0 Å². The van der Waals surface area contributed by atoms with E-state index in [9.17, 15) is 9.59 Å². The van der Waals surface area contributed by atoms with Crippen molar-refractivity contribution in [3.63, 3.8) is 0 Å². The van der Waals surface area contributed by atoms with Crippen molar-refractivity contribution in [3.8, 4) is 0 Å². The fraction of sp³-hybridized carbons (Fsp3) is 0.833. The molecule has 0 fully saturated rings. The topological polar surface area (TPSA) is 112 Å². The van der Waals surface area contributed by atoms with E-state index >= 15 is 0 Å². The standard InChI is InChI=1S/C12H22O8/c1-9(13)5-7-11(3,17-15)19-20-12(4,18-16)8-6-10(2)14/h15-16H,5-8H2,1-4H3. The fourth-order valence-corrected chi connectivity index (χ4v) is 1.19. The molecular weight excluding hydrogens is 272 g/mol. The first-order valence-electron chi connectivity index (χ1n) is 6.17. The molecule has 0 aromatic heterocycles. The first-order chi connectivity index (χ1) is 9.16. The molecule has 0 aromatic carbocycles. The van der Waals surface area contributed by atoms with Gasteiger partial charge in [-0.15, -0.1) is 0 Å². The third kappa shape index (κ3) is 7.63. The summed E-state index contributed by atoms with van der Waals surface area (Å²) in [6, 6.07) is 0. The summed E-state index contributed by atoms with van der Waals surface area (Å²) in [7, 11) is 0. The molecule has 20 heavy (non-hydrogen) atoms. The minimum Gasteiger partial charge on any atom is -0.300 e. The van der Waals surface area contributed by atoms with Crippen LogP contribution in [-0.4, -0.2) is 33.7 Å². The van der Waals surface area contributed by atoms with Crippen molar-refractivity contribution < 1.29 is 39.7 Å². The minimum absolute atomic E-state index is 0.0348. The Kier molecular flexibility index (Phi) is 8.02. The van der Waals surface area contributed by atoms with Crippen LogP contribution in [0.4, 0.5) is 0 Å². The fourth-order valence-electron chi connectivity index (χ4n) is 1.19. The van der Waals surface area contributed by atoms with Crippen LogP contribution in [0.1, 0.15) is 53.4 Å². The first kappa shape index (κ1) is 19.1. The van der Waals surface area contributed by atoms with Gasteiger partial charge in [0.2, 0.25) is 11.6 Å². The molecule has 8 nitrogen and oxygen atoms in total. The molecule has 8 heteroatoms. The third-order valence-electron chi connectivity index (χ3n) is 2.64. The normalized spacial score (nSPS) is 17.3. The highest BCUT2D eigenvalue weighted by Gasteiger charge is 2.35. The Morgan fingerprint density at radius 1 is 0.850 bits per heavy atom. The van der Waals surface area contributed by atoms with E-state index in [0.29, 0.717) is 0 Å². The molecule has 0 aliphatic carbocycles. The number of carbonyl (C=O) groups excluding carboxylic acids is 2. The van der Waals surface area contributed by atoms with E-state index < -0.39 is 11.6 Å². The van der Waals surface area contributed by atoms with Gasteiger partial charge in [-0.3, -0.25) is 0 Å². The van der Waals surface area contributed by atoms with Crippen molar-refractivity contribution >= 4 is 11.6 Å². The molecule has 0 rings (SSSR count). The van der Waals surface area contributed by atoms with Crippen molar-refractivity contribution in [2.45, 2.75) is 65.0 Å². The second kappa shape index (κ2) is 8.40. The summed E-state index contributed by atoms with van der Waals surface area (Å²) in [6.07, 6.45) is 0.273. The molecule has 0 aliphatic rings. The molecule has 0 heterocycles. The molecule has 0 radical (unpaired) electrons. The van der Waals surface area contributed by atoms with E-state index in [-0.39, 0.29) is 37.2 Å². The Hall–Kier alpha value is -0.900. The number of carbonyl (C=O) groups is 2. The van der Waals surface area contributed by atoms with Crippen LogP contribution in [-0.2, 0) is 29.1 Å². The first-order valence-corrected chi connectivity index (χ1v) is 6.17. The van der Waals surface area contributed by atoms with E-state index in [2.05, 4.69) is 9.78 Å². The molecule has 2 N–H and O–H groups in total. The van der Waals surface area contributed by atoms with Gasteiger partial charge in [0.05, 0.1) is 0 Å². The van der Waals surface area contributed by atoms with Crippen molar-refractivity contribution in [3.05, 3.63) is 0 Å². The van der Waals surface area contributed by atoms with Crippen LogP contribution in [0.15, 0.2) is 0 Å². The smallest absolute Gasteiger partial charge is 0.231 e. The van der Waals surface area contributed by atoms with Gasteiger partial charge in [0.25, 0.3) is 0 Å². The minimum atomic E-state index is -1.60. The molecule has 2 unspecified atom stereocenters. The zero-order valence-electron chi connectivity index (χ0n) is 12.2. The third-order valence-corrected chi connectivity index (χ3v) is 2.64. The van der Waals surface area contributed by atoms with Crippen LogP contribution in [0.2, 0.25) is 0 Å². The maximum atomic E-state index is 10.9. The van der Waals surface area contributed by atoms with Gasteiger partial charge >= 0.3 is 0 Å². The number of rotatable bonds is 11.